The molecule has 1 unspecified atom stereocenters. The lowest BCUT2D eigenvalue weighted by Gasteiger charge is -2.01. The van der Waals surface area contributed by atoms with Gasteiger partial charge in [-0.2, -0.15) is 0 Å². The highest BCUT2D eigenvalue weighted by atomic mass is 16.5. The molecule has 2 rings (SSSR count). The van der Waals surface area contributed by atoms with Gasteiger partial charge in [-0.3, -0.25) is 0 Å². The molecule has 0 spiro atoms. The van der Waals surface area contributed by atoms with Crippen LogP contribution >= 0.6 is 0 Å². The Morgan fingerprint density at radius 2 is 1.71 bits per heavy atom. The van der Waals surface area contributed by atoms with Crippen molar-refractivity contribution in [1.82, 2.24) is 0 Å². The van der Waals surface area contributed by atoms with Gasteiger partial charge in [0.25, 0.3) is 0 Å². The highest BCUT2D eigenvalue weighted by Gasteiger charge is 2.22. The third kappa shape index (κ3) is 6.78. The summed E-state index contributed by atoms with van der Waals surface area (Å²) < 4.78 is 9.75. The summed E-state index contributed by atoms with van der Waals surface area (Å²) in [6.45, 7) is 1.73. The van der Waals surface area contributed by atoms with Crippen molar-refractivity contribution in [2.75, 3.05) is 39.6 Å². The Morgan fingerprint density at radius 3 is 1.94 bits per heavy atom. The van der Waals surface area contributed by atoms with E-state index in [1.54, 1.807) is 5.57 Å². The summed E-state index contributed by atoms with van der Waals surface area (Å²) in [5.41, 5.74) is 1.74. The first-order valence-electron chi connectivity index (χ1n) is 6.42. The fraction of sp³-hybridized carbons (Fsp3) is 0.846. The second-order valence-corrected chi connectivity index (χ2v) is 4.38. The predicted octanol–water partition coefficient (Wildman–Crippen LogP) is 1.12. The van der Waals surface area contributed by atoms with Gasteiger partial charge in [0.1, 0.15) is 0 Å². The van der Waals surface area contributed by atoms with E-state index < -0.39 is 0 Å². The largest absolute Gasteiger partial charge is 0.394 e. The zero-order valence-corrected chi connectivity index (χ0v) is 10.4. The maximum atomic E-state index is 8.26. The Bertz CT molecular complexity index is 207. The molecular weight excluding hydrogens is 220 g/mol. The number of rotatable bonds is 7. The van der Waals surface area contributed by atoms with E-state index in [-0.39, 0.29) is 13.2 Å². The second-order valence-electron chi connectivity index (χ2n) is 4.38. The topological polar surface area (TPSA) is 58.9 Å². The van der Waals surface area contributed by atoms with Crippen LogP contribution in [0, 0.1) is 5.92 Å². The molecule has 1 fully saturated rings. The quantitative estimate of drug-likeness (QED) is 0.520. The summed E-state index contributed by atoms with van der Waals surface area (Å²) in [6.07, 6.45) is 8.18. The molecule has 0 aromatic heterocycles. The number of allylic oxidation sites excluding steroid dienone is 2. The summed E-state index contributed by atoms with van der Waals surface area (Å²) in [5.74, 6) is 1.08. The third-order valence-corrected chi connectivity index (χ3v) is 3.01. The molecule has 4 nitrogen and oxygen atoms in total. The van der Waals surface area contributed by atoms with Gasteiger partial charge in [-0.05, 0) is 31.6 Å². The normalized spacial score (nSPS) is 21.1. The summed E-state index contributed by atoms with van der Waals surface area (Å²) in [4.78, 5) is 0. The van der Waals surface area contributed by atoms with E-state index >= 15 is 0 Å². The summed E-state index contributed by atoms with van der Waals surface area (Å²) in [7, 11) is 0. The van der Waals surface area contributed by atoms with Crippen molar-refractivity contribution in [3.05, 3.63) is 11.6 Å². The Hall–Kier alpha value is -0.420. The molecule has 17 heavy (non-hydrogen) atoms. The van der Waals surface area contributed by atoms with Crippen LogP contribution in [0.3, 0.4) is 0 Å². The van der Waals surface area contributed by atoms with Gasteiger partial charge in [-0.25, -0.2) is 0 Å². The number of aliphatic hydroxyl groups is 2. The molecule has 2 aliphatic rings. The van der Waals surface area contributed by atoms with Crippen LogP contribution < -0.4 is 0 Å². The molecule has 0 aromatic rings. The first kappa shape index (κ1) is 14.6. The molecule has 4 heteroatoms. The maximum absolute atomic E-state index is 8.26. The summed E-state index contributed by atoms with van der Waals surface area (Å²) in [6, 6.07) is 0. The van der Waals surface area contributed by atoms with Gasteiger partial charge in [-0.1, -0.05) is 11.6 Å². The number of ether oxygens (including phenoxy) is 2. The van der Waals surface area contributed by atoms with Crippen molar-refractivity contribution in [3.8, 4) is 0 Å². The Morgan fingerprint density at radius 1 is 1.06 bits per heavy atom. The lowest BCUT2D eigenvalue weighted by Crippen LogP contribution is -2.09. The molecule has 2 bridgehead atoms. The van der Waals surface area contributed by atoms with Gasteiger partial charge >= 0.3 is 0 Å². The highest BCUT2D eigenvalue weighted by Crippen LogP contribution is 2.38. The fourth-order valence-electron chi connectivity index (χ4n) is 2.14. The van der Waals surface area contributed by atoms with Crippen LogP contribution in [0.25, 0.3) is 0 Å². The van der Waals surface area contributed by atoms with E-state index in [0.29, 0.717) is 26.4 Å². The molecule has 0 aliphatic heterocycles. The van der Waals surface area contributed by atoms with Crippen molar-refractivity contribution in [2.24, 2.45) is 5.92 Å². The van der Waals surface area contributed by atoms with Gasteiger partial charge in [0.2, 0.25) is 0 Å². The van der Waals surface area contributed by atoms with Crippen LogP contribution in [-0.2, 0) is 9.47 Å². The van der Waals surface area contributed by atoms with Crippen molar-refractivity contribution in [3.63, 3.8) is 0 Å². The minimum absolute atomic E-state index is 0.0417. The molecular formula is C13H24O4. The second kappa shape index (κ2) is 9.59. The molecule has 0 aromatic carbocycles. The molecule has 0 radical (unpaired) electrons. The molecule has 1 atom stereocenters. The first-order valence-corrected chi connectivity index (χ1v) is 6.42. The summed E-state index contributed by atoms with van der Waals surface area (Å²) >= 11 is 0. The average Bonchev–Trinajstić information content (AvgIpc) is 2.99. The van der Waals surface area contributed by atoms with Gasteiger partial charge in [-0.15, -0.1) is 0 Å². The Kier molecular flexibility index (Phi) is 8.26. The van der Waals surface area contributed by atoms with Crippen molar-refractivity contribution in [1.29, 1.82) is 0 Å². The average molecular weight is 244 g/mol. The maximum Gasteiger partial charge on any atom is 0.0701 e. The molecule has 0 saturated heterocycles. The van der Waals surface area contributed by atoms with E-state index in [1.165, 1.54) is 25.7 Å². The molecule has 2 aliphatic carbocycles. The monoisotopic (exact) mass is 244 g/mol. The molecule has 0 amide bonds. The van der Waals surface area contributed by atoms with Crippen LogP contribution in [-0.4, -0.2) is 49.9 Å². The minimum Gasteiger partial charge on any atom is -0.394 e. The third-order valence-electron chi connectivity index (χ3n) is 3.01. The lowest BCUT2D eigenvalue weighted by molar-refractivity contribution is 0.0222. The van der Waals surface area contributed by atoms with Crippen molar-refractivity contribution >= 4 is 0 Å². The van der Waals surface area contributed by atoms with Gasteiger partial charge in [0, 0.05) is 0 Å². The van der Waals surface area contributed by atoms with Crippen molar-refractivity contribution in [2.45, 2.75) is 25.7 Å². The number of hydrogen-bond donors (Lipinski definition) is 2. The molecule has 0 heterocycles. The van der Waals surface area contributed by atoms with Crippen LogP contribution in [0.5, 0.6) is 0 Å². The number of aliphatic hydroxyl groups excluding tert-OH is 2. The standard InChI is InChI=1S/C7H10.C6H14O4/c1-2-7-4-3-6(1)5-7;7-1-3-9-5-6-10-4-2-8/h1,7H,2-5H2;7-8H,1-6H2. The first-order chi connectivity index (χ1) is 8.36. The van der Waals surface area contributed by atoms with E-state index in [4.69, 9.17) is 19.7 Å². The van der Waals surface area contributed by atoms with E-state index in [9.17, 15) is 0 Å². The fourth-order valence-corrected chi connectivity index (χ4v) is 2.14. The van der Waals surface area contributed by atoms with Crippen LogP contribution in [0.1, 0.15) is 25.7 Å². The predicted molar refractivity (Wildman–Crippen MR) is 65.9 cm³/mol. The molecule has 100 valence electrons. The van der Waals surface area contributed by atoms with Crippen LogP contribution in [0.2, 0.25) is 0 Å². The van der Waals surface area contributed by atoms with E-state index in [1.807, 2.05) is 0 Å². The molecule has 1 saturated carbocycles. The van der Waals surface area contributed by atoms with Gasteiger partial charge < -0.3 is 19.7 Å². The zero-order valence-electron chi connectivity index (χ0n) is 10.4. The minimum atomic E-state index is 0.0417. The van der Waals surface area contributed by atoms with E-state index in [2.05, 4.69) is 6.08 Å². The Labute approximate surface area is 103 Å². The number of fused-ring (bicyclic) bond motifs is 2. The van der Waals surface area contributed by atoms with Crippen molar-refractivity contribution < 1.29 is 19.7 Å². The van der Waals surface area contributed by atoms with Crippen LogP contribution in [0.4, 0.5) is 0 Å². The van der Waals surface area contributed by atoms with Gasteiger partial charge in [0.15, 0.2) is 0 Å². The number of hydrogen-bond acceptors (Lipinski definition) is 4. The Balaban J connectivity index is 0.000000177. The van der Waals surface area contributed by atoms with E-state index in [0.717, 1.165) is 5.92 Å². The van der Waals surface area contributed by atoms with Crippen LogP contribution in [0.15, 0.2) is 11.6 Å². The van der Waals surface area contributed by atoms with Gasteiger partial charge in [0.05, 0.1) is 39.6 Å². The smallest absolute Gasteiger partial charge is 0.0701 e. The lowest BCUT2D eigenvalue weighted by atomic mass is 10.1. The molecule has 2 N–H and O–H groups in total. The zero-order chi connectivity index (χ0) is 12.3. The highest BCUT2D eigenvalue weighted by molar-refractivity contribution is 5.15. The summed E-state index contributed by atoms with van der Waals surface area (Å²) in [5, 5.41) is 16.5. The SMILES string of the molecule is C1=C2CCC(C1)C2.OCCOCCOCCO.